The van der Waals surface area contributed by atoms with E-state index >= 15 is 0 Å². The molecule has 0 N–H and O–H groups in total. The van der Waals surface area contributed by atoms with Crippen LogP contribution >= 0.6 is 27.5 Å². The van der Waals surface area contributed by atoms with Gasteiger partial charge in [0.2, 0.25) is 0 Å². The van der Waals surface area contributed by atoms with E-state index in [1.54, 1.807) is 6.07 Å². The van der Waals surface area contributed by atoms with E-state index in [4.69, 9.17) is 16.9 Å². The molecule has 0 unspecified atom stereocenters. The maximum absolute atomic E-state index is 12.5. The van der Waals surface area contributed by atoms with Crippen LogP contribution in [-0.2, 0) is 11.8 Å². The van der Waals surface area contributed by atoms with Gasteiger partial charge in [0.1, 0.15) is 5.69 Å². The fraction of sp³-hybridized carbons (Fsp3) is 0.333. The van der Waals surface area contributed by atoms with Crippen molar-refractivity contribution < 1.29 is 8.78 Å². The van der Waals surface area contributed by atoms with Gasteiger partial charge in [0.25, 0.3) is 6.43 Å². The van der Waals surface area contributed by atoms with Gasteiger partial charge in [-0.2, -0.15) is 5.26 Å². The van der Waals surface area contributed by atoms with E-state index in [0.717, 1.165) is 0 Å². The highest BCUT2D eigenvalue weighted by molar-refractivity contribution is 9.08. The summed E-state index contributed by atoms with van der Waals surface area (Å²) in [6.07, 6.45) is -1.58. The van der Waals surface area contributed by atoms with Crippen LogP contribution in [0.5, 0.6) is 0 Å². The van der Waals surface area contributed by atoms with Gasteiger partial charge in [0.15, 0.2) is 0 Å². The molecule has 1 aromatic rings. The van der Waals surface area contributed by atoms with Crippen molar-refractivity contribution in [1.82, 2.24) is 4.98 Å². The molecule has 1 aromatic heterocycles. The molecule has 0 atom stereocenters. The molecule has 80 valence electrons. The summed E-state index contributed by atoms with van der Waals surface area (Å²) >= 11 is 9.04. The topological polar surface area (TPSA) is 36.7 Å². The molecule has 0 aliphatic heterocycles. The molecule has 0 aliphatic rings. The largest absolute Gasteiger partial charge is 0.280 e. The van der Waals surface area contributed by atoms with E-state index in [1.807, 2.05) is 0 Å². The Morgan fingerprint density at radius 1 is 1.60 bits per heavy atom. The first-order chi connectivity index (χ1) is 7.11. The van der Waals surface area contributed by atoms with Crippen molar-refractivity contribution in [1.29, 1.82) is 5.26 Å². The average Bonchev–Trinajstić information content (AvgIpc) is 2.20. The van der Waals surface area contributed by atoms with E-state index < -0.39 is 12.1 Å². The van der Waals surface area contributed by atoms with E-state index in [9.17, 15) is 8.78 Å². The maximum atomic E-state index is 12.5. The van der Waals surface area contributed by atoms with Crippen LogP contribution in [0.3, 0.4) is 0 Å². The second-order valence-electron chi connectivity index (χ2n) is 2.73. The molecular formula is C9H6BrClF2N2. The standard InChI is InChI=1S/C9H6BrClF2N2/c10-3-5-4-15-8(9(12)13)6(1-2-14)7(5)11/h4,9H,1,3H2. The van der Waals surface area contributed by atoms with Crippen molar-refractivity contribution >= 4 is 27.5 Å². The van der Waals surface area contributed by atoms with Crippen LogP contribution in [-0.4, -0.2) is 4.98 Å². The number of halogens is 4. The Kier molecular flexibility index (Phi) is 4.43. The molecule has 0 amide bonds. The Morgan fingerprint density at radius 3 is 2.73 bits per heavy atom. The van der Waals surface area contributed by atoms with E-state index in [0.29, 0.717) is 10.9 Å². The average molecular weight is 296 g/mol. The van der Waals surface area contributed by atoms with Crippen LogP contribution in [0.2, 0.25) is 5.02 Å². The van der Waals surface area contributed by atoms with Crippen molar-refractivity contribution in [3.05, 3.63) is 28.0 Å². The first-order valence-corrected chi connectivity index (χ1v) is 5.49. The summed E-state index contributed by atoms with van der Waals surface area (Å²) in [7, 11) is 0. The predicted octanol–water partition coefficient (Wildman–Crippen LogP) is 3.63. The lowest BCUT2D eigenvalue weighted by atomic mass is 10.1. The minimum absolute atomic E-state index is 0.117. The van der Waals surface area contributed by atoms with Crippen LogP contribution < -0.4 is 0 Å². The molecule has 1 heterocycles. The van der Waals surface area contributed by atoms with E-state index in [2.05, 4.69) is 20.9 Å². The van der Waals surface area contributed by atoms with E-state index in [1.165, 1.54) is 6.20 Å². The molecule has 15 heavy (non-hydrogen) atoms. The number of rotatable bonds is 3. The van der Waals surface area contributed by atoms with Crippen molar-refractivity contribution in [2.75, 3.05) is 0 Å². The fourth-order valence-corrected chi connectivity index (χ4v) is 1.98. The highest BCUT2D eigenvalue weighted by Gasteiger charge is 2.19. The molecule has 0 aromatic carbocycles. The third kappa shape index (κ3) is 2.64. The van der Waals surface area contributed by atoms with Crippen LogP contribution in [0.1, 0.15) is 23.2 Å². The quantitative estimate of drug-likeness (QED) is 0.798. The Hall–Kier alpha value is -0.730. The van der Waals surface area contributed by atoms with Gasteiger partial charge in [-0.15, -0.1) is 0 Å². The number of hydrogen-bond acceptors (Lipinski definition) is 2. The molecular weight excluding hydrogens is 289 g/mol. The molecule has 0 fully saturated rings. The number of pyridine rings is 1. The Bertz CT molecular complexity index is 404. The molecule has 0 saturated carbocycles. The van der Waals surface area contributed by atoms with Gasteiger partial charge in [-0.1, -0.05) is 27.5 Å². The van der Waals surface area contributed by atoms with Crippen molar-refractivity contribution in [3.8, 4) is 6.07 Å². The Labute approximate surface area is 99.0 Å². The zero-order valence-corrected chi connectivity index (χ0v) is 9.82. The number of alkyl halides is 3. The smallest absolute Gasteiger partial charge is 0.255 e. The number of hydrogen-bond donors (Lipinski definition) is 0. The minimum atomic E-state index is -2.71. The molecule has 1 rings (SSSR count). The second-order valence-corrected chi connectivity index (χ2v) is 3.67. The summed E-state index contributed by atoms with van der Waals surface area (Å²) in [4.78, 5) is 3.61. The first kappa shape index (κ1) is 12.3. The predicted molar refractivity (Wildman–Crippen MR) is 56.2 cm³/mol. The number of nitriles is 1. The zero-order valence-electron chi connectivity index (χ0n) is 7.48. The van der Waals surface area contributed by atoms with Gasteiger partial charge in [0.05, 0.1) is 17.5 Å². The maximum Gasteiger partial charge on any atom is 0.280 e. The monoisotopic (exact) mass is 294 g/mol. The SMILES string of the molecule is N#CCc1c(C(F)F)ncc(CBr)c1Cl. The number of aromatic nitrogens is 1. The third-order valence-corrected chi connectivity index (χ3v) is 2.90. The van der Waals surface area contributed by atoms with E-state index in [-0.39, 0.29) is 17.0 Å². The Balaban J connectivity index is 3.32. The van der Waals surface area contributed by atoms with Crippen molar-refractivity contribution in [2.24, 2.45) is 0 Å². The molecule has 0 saturated heterocycles. The van der Waals surface area contributed by atoms with Gasteiger partial charge in [0, 0.05) is 17.1 Å². The molecule has 0 radical (unpaired) electrons. The third-order valence-electron chi connectivity index (χ3n) is 1.82. The number of nitrogens with zero attached hydrogens (tertiary/aromatic N) is 2. The molecule has 6 heteroatoms. The zero-order chi connectivity index (χ0) is 11.4. The van der Waals surface area contributed by atoms with Crippen LogP contribution in [0.15, 0.2) is 6.20 Å². The molecule has 2 nitrogen and oxygen atoms in total. The summed E-state index contributed by atoms with van der Waals surface area (Å²) in [5, 5.41) is 9.13. The van der Waals surface area contributed by atoms with Gasteiger partial charge >= 0.3 is 0 Å². The van der Waals surface area contributed by atoms with Crippen LogP contribution in [0, 0.1) is 11.3 Å². The van der Waals surface area contributed by atoms with Gasteiger partial charge in [-0.05, 0) is 5.56 Å². The lowest BCUT2D eigenvalue weighted by molar-refractivity contribution is 0.145. The van der Waals surface area contributed by atoms with Gasteiger partial charge < -0.3 is 0 Å². The minimum Gasteiger partial charge on any atom is -0.255 e. The molecule has 0 spiro atoms. The molecule has 0 aliphatic carbocycles. The summed E-state index contributed by atoms with van der Waals surface area (Å²) in [6.45, 7) is 0. The summed E-state index contributed by atoms with van der Waals surface area (Å²) in [5.41, 5.74) is 0.309. The van der Waals surface area contributed by atoms with Gasteiger partial charge in [-0.3, -0.25) is 4.98 Å². The lowest BCUT2D eigenvalue weighted by Gasteiger charge is -2.09. The fourth-order valence-electron chi connectivity index (χ4n) is 1.12. The molecule has 0 bridgehead atoms. The summed E-state index contributed by atoms with van der Waals surface area (Å²) in [6, 6.07) is 1.80. The van der Waals surface area contributed by atoms with Crippen molar-refractivity contribution in [3.63, 3.8) is 0 Å². The van der Waals surface area contributed by atoms with Crippen molar-refractivity contribution in [2.45, 2.75) is 18.2 Å². The normalized spacial score (nSPS) is 10.4. The van der Waals surface area contributed by atoms with Crippen LogP contribution in [0.4, 0.5) is 8.78 Å². The first-order valence-electron chi connectivity index (χ1n) is 3.99. The van der Waals surface area contributed by atoms with Crippen LogP contribution in [0.25, 0.3) is 0 Å². The lowest BCUT2D eigenvalue weighted by Crippen LogP contribution is -2.01. The second kappa shape index (κ2) is 5.38. The summed E-state index contributed by atoms with van der Waals surface area (Å²) < 4.78 is 25.0. The Morgan fingerprint density at radius 2 is 2.27 bits per heavy atom. The highest BCUT2D eigenvalue weighted by atomic mass is 79.9. The van der Waals surface area contributed by atoms with Gasteiger partial charge in [-0.25, -0.2) is 8.78 Å². The highest BCUT2D eigenvalue weighted by Crippen LogP contribution is 2.30. The summed E-state index contributed by atoms with van der Waals surface area (Å²) in [5.74, 6) is 0.